The molecule has 2 atom stereocenters. The molecule has 34 heteroatoms. The number of aromatic nitrogens is 2. The van der Waals surface area contributed by atoms with Gasteiger partial charge in [-0.05, 0) is 120 Å². The molecule has 2 N–H and O–H groups in total. The fourth-order valence-electron chi connectivity index (χ4n) is 8.46. The van der Waals surface area contributed by atoms with Gasteiger partial charge in [0.25, 0.3) is 11.1 Å². The third-order valence-electron chi connectivity index (χ3n) is 12.7. The highest BCUT2D eigenvalue weighted by molar-refractivity contribution is 9.10. The topological polar surface area (TPSA) is 208 Å². The van der Waals surface area contributed by atoms with Crippen LogP contribution >= 0.6 is 35.7 Å². The predicted octanol–water partition coefficient (Wildman–Crippen LogP) is 12.2. The minimum atomic E-state index is -5.13. The van der Waals surface area contributed by atoms with E-state index in [1.165, 1.54) is 86.1 Å². The second kappa shape index (κ2) is 31.5. The van der Waals surface area contributed by atoms with Gasteiger partial charge in [0.1, 0.15) is 44.4 Å². The lowest BCUT2D eigenvalue weighted by molar-refractivity contribution is 0.346. The van der Waals surface area contributed by atoms with Crippen LogP contribution in [0.25, 0.3) is 44.3 Å². The van der Waals surface area contributed by atoms with E-state index in [0.717, 1.165) is 48.5 Å². The van der Waals surface area contributed by atoms with Crippen LogP contribution in [0.3, 0.4) is 0 Å². The Kier molecular flexibility index (Phi) is 25.5. The van der Waals surface area contributed by atoms with E-state index in [9.17, 15) is 79.1 Å². The molecule has 498 valence electrons. The van der Waals surface area contributed by atoms with E-state index in [1.807, 2.05) is 13.8 Å². The van der Waals surface area contributed by atoms with E-state index in [2.05, 4.69) is 24.3 Å². The summed E-state index contributed by atoms with van der Waals surface area (Å²) in [6, 6.07) is 28.2. The minimum absolute atomic E-state index is 0. The van der Waals surface area contributed by atoms with E-state index in [-0.39, 0.29) is 70.0 Å². The van der Waals surface area contributed by atoms with Gasteiger partial charge in [0.15, 0.2) is 0 Å². The van der Waals surface area contributed by atoms with Gasteiger partial charge in [-0.2, -0.15) is 54.2 Å². The van der Waals surface area contributed by atoms with Crippen molar-refractivity contribution in [2.45, 2.75) is 23.6 Å². The van der Waals surface area contributed by atoms with Gasteiger partial charge in [-0.15, -0.1) is 0 Å². The molecule has 0 spiro atoms. The van der Waals surface area contributed by atoms with Crippen molar-refractivity contribution in [1.82, 2.24) is 9.13 Å². The van der Waals surface area contributed by atoms with Crippen LogP contribution in [0.15, 0.2) is 157 Å². The highest BCUT2D eigenvalue weighted by Crippen LogP contribution is 2.37. The van der Waals surface area contributed by atoms with E-state index >= 15 is 0 Å². The highest BCUT2D eigenvalue weighted by Gasteiger charge is 2.33. The Bertz CT molecular complexity index is 4830. The molecule has 0 saturated carbocycles. The molecule has 0 radical (unpaired) electrons. The second-order valence-corrected chi connectivity index (χ2v) is 22.2. The molecule has 0 bridgehead atoms. The Morgan fingerprint density at radius 1 is 0.415 bits per heavy atom. The predicted molar refractivity (Wildman–Crippen MR) is 336 cm³/mol. The van der Waals surface area contributed by atoms with Gasteiger partial charge in [-0.3, -0.25) is 18.7 Å². The molecule has 10 rings (SSSR count). The average molecular weight is 1470 g/mol. The molecule has 2 heterocycles. The van der Waals surface area contributed by atoms with Crippen LogP contribution in [-0.2, 0) is 20.2 Å². The van der Waals surface area contributed by atoms with Crippen molar-refractivity contribution in [3.63, 3.8) is 0 Å². The first kappa shape index (κ1) is 76.1. The summed E-state index contributed by atoms with van der Waals surface area (Å²) in [5, 5.41) is 17.7. The maximum Gasteiger partial charge on any atom is 0.488 e. The third kappa shape index (κ3) is 16.1. The summed E-state index contributed by atoms with van der Waals surface area (Å²) < 4.78 is 247. The lowest BCUT2D eigenvalue weighted by Crippen LogP contribution is -2.30. The van der Waals surface area contributed by atoms with Crippen LogP contribution in [0.5, 0.6) is 34.5 Å². The zero-order chi connectivity index (χ0) is 68.0. The summed E-state index contributed by atoms with van der Waals surface area (Å²) in [6.07, 6.45) is 0. The van der Waals surface area contributed by atoms with Crippen molar-refractivity contribution in [3.8, 4) is 57.0 Å². The monoisotopic (exact) mass is 1460 g/mol. The summed E-state index contributed by atoms with van der Waals surface area (Å²) in [6.45, 7) is 4.00. The zero-order valence-electron chi connectivity index (χ0n) is 49.1. The smallest absolute Gasteiger partial charge is 0.488 e. The molecule has 0 aliphatic rings. The molecule has 0 amide bonds. The fraction of sp³-hybridized carbons (Fsp3) is 0.100. The Hall–Kier alpha value is -8.64. The van der Waals surface area contributed by atoms with E-state index in [1.54, 1.807) is 36.4 Å². The van der Waals surface area contributed by atoms with Crippen molar-refractivity contribution in [2.75, 3.05) is 28.4 Å². The largest absolute Gasteiger partial charge is 0.497 e. The number of hydrogen-bond acceptors (Lipinski definition) is 14. The van der Waals surface area contributed by atoms with Gasteiger partial charge < -0.3 is 37.4 Å². The fourth-order valence-corrected chi connectivity index (χ4v) is 10.7. The van der Waals surface area contributed by atoms with Crippen LogP contribution in [0, 0.1) is 69.8 Å². The molecule has 0 saturated heterocycles. The Morgan fingerprint density at radius 3 is 1.20 bits per heavy atom. The third-order valence-corrected chi connectivity index (χ3v) is 15.6. The van der Waals surface area contributed by atoms with Crippen molar-refractivity contribution in [1.29, 1.82) is 0 Å². The number of hydrogen-bond donors (Lipinski definition) is 2. The number of pyridine rings is 2. The first-order valence-electron chi connectivity index (χ1n) is 25.8. The number of fused-ring (bicyclic) bond motifs is 2. The highest BCUT2D eigenvalue weighted by atomic mass is 79.9. The number of methoxy groups -OCH3 is 4. The van der Waals surface area contributed by atoms with Crippen LogP contribution in [0.2, 0.25) is 0 Å². The molecule has 2 unspecified atom stereocenters. The summed E-state index contributed by atoms with van der Waals surface area (Å²) in [7, 11) is -6.36. The average Bonchev–Trinajstić information content (AvgIpc) is 0.767. The maximum absolute atomic E-state index is 14.1. The molecule has 0 aliphatic carbocycles. The van der Waals surface area contributed by atoms with Crippen molar-refractivity contribution < 1.29 is 107 Å². The molecule has 94 heavy (non-hydrogen) atoms. The van der Waals surface area contributed by atoms with Crippen molar-refractivity contribution in [3.05, 3.63) is 228 Å². The maximum atomic E-state index is 14.1. The van der Waals surface area contributed by atoms with Gasteiger partial charge in [0.05, 0.1) is 50.8 Å². The molecule has 0 aliphatic heterocycles. The molecular weight excluding hydrogens is 1420 g/mol. The Balaban J connectivity index is 0.000000281. The molecule has 2 aromatic heterocycles. The van der Waals surface area contributed by atoms with E-state index in [0.29, 0.717) is 27.0 Å². The number of rotatable bonds is 14. The summed E-state index contributed by atoms with van der Waals surface area (Å²) in [5.41, 5.74) is 0.950. The number of ether oxygens (including phenoxy) is 4. The lowest BCUT2D eigenvalue weighted by Gasteiger charge is -2.16. The number of benzene rings is 8. The second-order valence-electron chi connectivity index (χ2n) is 18.2. The molecule has 0 fully saturated rings. The first-order valence-corrected chi connectivity index (χ1v) is 29.4. The Labute approximate surface area is 541 Å². The van der Waals surface area contributed by atoms with Crippen LogP contribution in [-0.4, -0.2) is 71.6 Å². The molecular formula is C60H48BBrF12N2O14P2S2. The van der Waals surface area contributed by atoms with Gasteiger partial charge in [-0.25, -0.2) is 35.1 Å². The Morgan fingerprint density at radius 2 is 0.798 bits per heavy atom. The minimum Gasteiger partial charge on any atom is -0.497 e. The lowest BCUT2D eigenvalue weighted by atomic mass is 9.80. The van der Waals surface area contributed by atoms with Crippen LogP contribution < -0.4 is 43.9 Å². The zero-order valence-corrected chi connectivity index (χ0v) is 55.2. The van der Waals surface area contributed by atoms with Crippen molar-refractivity contribution >= 4 is 90.4 Å². The quantitative estimate of drug-likeness (QED) is 0.0259. The summed E-state index contributed by atoms with van der Waals surface area (Å²) >= 11 is 3.29. The summed E-state index contributed by atoms with van der Waals surface area (Å²) in [4.78, 5) is 24.3. The van der Waals surface area contributed by atoms with E-state index in [4.69, 9.17) is 29.0 Å². The van der Waals surface area contributed by atoms with Crippen LogP contribution in [0.4, 0.5) is 52.7 Å². The first-order chi connectivity index (χ1) is 43.4. The number of halogens is 13. The van der Waals surface area contributed by atoms with Gasteiger partial charge in [0, 0.05) is 39.5 Å². The molecule has 8 aromatic carbocycles. The van der Waals surface area contributed by atoms with Gasteiger partial charge in [0.2, 0.25) is 69.7 Å². The van der Waals surface area contributed by atoms with E-state index < -0.39 is 130 Å². The van der Waals surface area contributed by atoms with Gasteiger partial charge in [-0.1, -0.05) is 35.8 Å². The number of nitrogens with zero attached hydrogens (tertiary/aromatic N) is 2. The normalized spacial score (nSPS) is 10.9. The van der Waals surface area contributed by atoms with Crippen LogP contribution in [0.1, 0.15) is 13.8 Å². The summed E-state index contributed by atoms with van der Waals surface area (Å²) in [5.74, 6) is -28.3. The molecule has 16 nitrogen and oxygen atoms in total. The SMILES string of the molecule is CC.COc1cc(Br)ccc1-n1c(=O)ccc2cc(S(=O)(=O)Oc3c(F)c(F)c(F)c(F)c3F)ccc21.COc1cc(F)cc(-c2ccc(-n3c(=O)ccc4cc(S(=O)(=O)Oc5c(F)c(F)c(F)c(F)c5F)ccc43)c(OC)c2)c1.COc1cc(F)cc(B(O)O)c1.P.P. The molecule has 10 aromatic rings. The standard InChI is InChI=1S/C29H17F6NO6S.C22H11BrF5NO5S.C7H8BFO3.C2H6.2H3P/c1-40-18-10-16(9-17(30)13-18)14-3-6-21(22(12-14)41-2)36-20-7-5-19(11-15(20)4-8-23(36)37)43(38,39)42-29-27(34)25(32)24(31)26(33)28(29)35;1-33-15-9-11(23)3-5-14(15)29-13-6-4-12(8-10(13)2-7-16(29)30)35(31,32)34-22-20(27)18(25)17(24)19(26)21(22)28;1-12-7-3-5(8(10)11)2-6(9)4-7;1-2;;/h3-13H,1-2H3;2-9H,1H3;2-4,10-11H,1H3;1-2H3;2*1H3. The van der Waals surface area contributed by atoms with Gasteiger partial charge >= 0.3 is 27.4 Å². The van der Waals surface area contributed by atoms with Crippen molar-refractivity contribution in [2.24, 2.45) is 0 Å².